The van der Waals surface area contributed by atoms with Gasteiger partial charge in [0.05, 0.1) is 13.2 Å². The maximum Gasteiger partial charge on any atom is 0.303 e. The second-order valence-corrected chi connectivity index (χ2v) is 7.82. The van der Waals surface area contributed by atoms with Crippen molar-refractivity contribution in [1.29, 1.82) is 0 Å². The van der Waals surface area contributed by atoms with Crippen LogP contribution in [-0.4, -0.2) is 49.1 Å². The van der Waals surface area contributed by atoms with Crippen LogP contribution in [0.15, 0.2) is 60.7 Å². The number of hydrogen-bond acceptors (Lipinski definition) is 7. The van der Waals surface area contributed by atoms with Crippen LogP contribution in [0.1, 0.15) is 31.3 Å². The number of nitrogens with one attached hydrogen (secondary N) is 1. The quantitative estimate of drug-likeness (QED) is 0.689. The second-order valence-electron chi connectivity index (χ2n) is 7.82. The molecule has 0 spiro atoms. The molecule has 2 heterocycles. The summed E-state index contributed by atoms with van der Waals surface area (Å²) in [4.78, 5) is 23.9. The molecular weight excluding hydrogens is 414 g/mol. The van der Waals surface area contributed by atoms with Gasteiger partial charge in [-0.2, -0.15) is 0 Å². The van der Waals surface area contributed by atoms with Crippen LogP contribution >= 0.6 is 0 Å². The number of rotatable bonds is 6. The Morgan fingerprint density at radius 3 is 2.34 bits per heavy atom. The third-order valence-corrected chi connectivity index (χ3v) is 5.34. The van der Waals surface area contributed by atoms with Gasteiger partial charge in [0.1, 0.15) is 18.2 Å². The molecule has 1 N–H and O–H groups in total. The van der Waals surface area contributed by atoms with E-state index in [9.17, 15) is 9.59 Å². The van der Waals surface area contributed by atoms with E-state index in [-0.39, 0.29) is 19.1 Å². The van der Waals surface area contributed by atoms with Crippen molar-refractivity contribution < 1.29 is 33.3 Å². The Kier molecular flexibility index (Phi) is 7.16. The molecule has 2 fully saturated rings. The molecule has 2 saturated heterocycles. The van der Waals surface area contributed by atoms with Crippen molar-refractivity contribution >= 4 is 11.9 Å². The lowest BCUT2D eigenvalue weighted by Gasteiger charge is -2.48. The molecule has 170 valence electrons. The van der Waals surface area contributed by atoms with Crippen molar-refractivity contribution in [2.75, 3.05) is 6.61 Å². The molecule has 0 bridgehead atoms. The number of carbonyl (C=O) groups is 2. The summed E-state index contributed by atoms with van der Waals surface area (Å²) < 4.78 is 29.9. The van der Waals surface area contributed by atoms with Gasteiger partial charge in [-0.05, 0) is 5.56 Å². The van der Waals surface area contributed by atoms with Crippen molar-refractivity contribution in [3.8, 4) is 0 Å². The summed E-state index contributed by atoms with van der Waals surface area (Å²) in [5.74, 6) is -0.784. The third-order valence-electron chi connectivity index (χ3n) is 5.34. The average Bonchev–Trinajstić information content (AvgIpc) is 2.80. The number of ether oxygens (including phenoxy) is 5. The molecule has 8 heteroatoms. The van der Waals surface area contributed by atoms with Gasteiger partial charge in [-0.25, -0.2) is 0 Å². The molecular formula is C24H27NO7. The zero-order valence-electron chi connectivity index (χ0n) is 18.0. The lowest BCUT2D eigenvalue weighted by Crippen LogP contribution is -2.67. The number of benzene rings is 2. The van der Waals surface area contributed by atoms with Gasteiger partial charge in [0, 0.05) is 19.4 Å². The molecule has 0 unspecified atom stereocenters. The number of fused-ring (bicyclic) bond motifs is 1. The van der Waals surface area contributed by atoms with Crippen LogP contribution in [0.2, 0.25) is 0 Å². The highest BCUT2D eigenvalue weighted by atomic mass is 16.8. The Morgan fingerprint density at radius 2 is 1.69 bits per heavy atom. The first-order valence-electron chi connectivity index (χ1n) is 10.6. The molecule has 2 aromatic rings. The Balaban J connectivity index is 1.57. The summed E-state index contributed by atoms with van der Waals surface area (Å²) in [6.45, 7) is 3.20. The van der Waals surface area contributed by atoms with Crippen molar-refractivity contribution in [2.24, 2.45) is 0 Å². The van der Waals surface area contributed by atoms with E-state index in [0.717, 1.165) is 11.1 Å². The minimum absolute atomic E-state index is 0.222. The van der Waals surface area contributed by atoms with E-state index >= 15 is 0 Å². The first-order valence-corrected chi connectivity index (χ1v) is 10.6. The molecule has 1 amide bonds. The van der Waals surface area contributed by atoms with Crippen molar-refractivity contribution in [3.63, 3.8) is 0 Å². The van der Waals surface area contributed by atoms with Crippen LogP contribution in [0.4, 0.5) is 0 Å². The molecule has 8 nitrogen and oxygen atoms in total. The van der Waals surface area contributed by atoms with Crippen molar-refractivity contribution in [1.82, 2.24) is 5.32 Å². The molecule has 0 aromatic heterocycles. The third kappa shape index (κ3) is 5.34. The Hall–Kier alpha value is -2.78. The number of hydrogen-bond donors (Lipinski definition) is 1. The highest BCUT2D eigenvalue weighted by Gasteiger charge is 2.52. The van der Waals surface area contributed by atoms with Gasteiger partial charge >= 0.3 is 5.97 Å². The van der Waals surface area contributed by atoms with Gasteiger partial charge in [-0.3, -0.25) is 9.59 Å². The Labute approximate surface area is 186 Å². The normalized spacial score (nSPS) is 29.6. The zero-order valence-corrected chi connectivity index (χ0v) is 18.0. The average molecular weight is 441 g/mol. The van der Waals surface area contributed by atoms with Gasteiger partial charge < -0.3 is 29.0 Å². The summed E-state index contributed by atoms with van der Waals surface area (Å²) in [6.07, 6.45) is -3.49. The summed E-state index contributed by atoms with van der Waals surface area (Å²) in [6, 6.07) is 18.3. The minimum atomic E-state index is -0.856. The predicted molar refractivity (Wildman–Crippen MR) is 113 cm³/mol. The SMILES string of the molecule is CC(=O)N[C@@H]1[C@H](OCc2ccccc2)O[C@@H]2CO[C@H](c3ccccc3)O[C@H]2[C@@H]1OC(C)=O. The first kappa shape index (κ1) is 22.4. The van der Waals surface area contributed by atoms with E-state index in [1.807, 2.05) is 60.7 Å². The summed E-state index contributed by atoms with van der Waals surface area (Å²) >= 11 is 0. The lowest BCUT2D eigenvalue weighted by molar-refractivity contribution is -0.346. The predicted octanol–water partition coefficient (Wildman–Crippen LogP) is 2.48. The van der Waals surface area contributed by atoms with Crippen LogP contribution in [-0.2, 0) is 39.9 Å². The van der Waals surface area contributed by atoms with Crippen molar-refractivity contribution in [2.45, 2.75) is 57.4 Å². The van der Waals surface area contributed by atoms with Crippen LogP contribution in [0.5, 0.6) is 0 Å². The smallest absolute Gasteiger partial charge is 0.303 e. The molecule has 4 rings (SSSR count). The molecule has 0 radical (unpaired) electrons. The zero-order chi connectivity index (χ0) is 22.5. The van der Waals surface area contributed by atoms with Gasteiger partial charge in [-0.15, -0.1) is 0 Å². The first-order chi connectivity index (χ1) is 15.5. The molecule has 0 aliphatic carbocycles. The van der Waals surface area contributed by atoms with E-state index in [0.29, 0.717) is 0 Å². The van der Waals surface area contributed by atoms with Crippen LogP contribution in [0.25, 0.3) is 0 Å². The monoisotopic (exact) mass is 441 g/mol. The van der Waals surface area contributed by atoms with Crippen LogP contribution < -0.4 is 5.32 Å². The topological polar surface area (TPSA) is 92.3 Å². The molecule has 2 aromatic carbocycles. The fraction of sp³-hybridized carbons (Fsp3) is 0.417. The largest absolute Gasteiger partial charge is 0.457 e. The van der Waals surface area contributed by atoms with Crippen LogP contribution in [0.3, 0.4) is 0 Å². The maximum absolute atomic E-state index is 12.0. The van der Waals surface area contributed by atoms with E-state index in [2.05, 4.69) is 5.32 Å². The van der Waals surface area contributed by atoms with E-state index in [4.69, 9.17) is 23.7 Å². The summed E-state index contributed by atoms with van der Waals surface area (Å²) in [5, 5.41) is 2.82. The van der Waals surface area contributed by atoms with Gasteiger partial charge in [0.15, 0.2) is 18.7 Å². The summed E-state index contributed by atoms with van der Waals surface area (Å²) in [7, 11) is 0. The number of amides is 1. The van der Waals surface area contributed by atoms with Crippen LogP contribution in [0, 0.1) is 0 Å². The lowest BCUT2D eigenvalue weighted by atomic mass is 9.95. The highest BCUT2D eigenvalue weighted by molar-refractivity contribution is 5.73. The van der Waals surface area contributed by atoms with Gasteiger partial charge in [0.2, 0.25) is 5.91 Å². The van der Waals surface area contributed by atoms with Gasteiger partial charge in [0.25, 0.3) is 0 Å². The fourth-order valence-corrected chi connectivity index (χ4v) is 3.97. The van der Waals surface area contributed by atoms with E-state index in [1.165, 1.54) is 13.8 Å². The maximum atomic E-state index is 12.0. The minimum Gasteiger partial charge on any atom is -0.457 e. The molecule has 2 aliphatic rings. The second kappa shape index (κ2) is 10.2. The standard InChI is InChI=1S/C24H27NO7/c1-15(26)25-20-22(30-16(2)27)21-19(14-29-23(32-21)18-11-7-4-8-12-18)31-24(20)28-13-17-9-5-3-6-10-17/h3-12,19-24H,13-14H2,1-2H3,(H,25,26)/t19-,20+,21-,22-,23+,24-/m1/s1. The van der Waals surface area contributed by atoms with Crippen molar-refractivity contribution in [3.05, 3.63) is 71.8 Å². The fourth-order valence-electron chi connectivity index (χ4n) is 3.97. The van der Waals surface area contributed by atoms with E-state index in [1.54, 1.807) is 0 Å². The van der Waals surface area contributed by atoms with E-state index < -0.39 is 42.9 Å². The summed E-state index contributed by atoms with van der Waals surface area (Å²) in [5.41, 5.74) is 1.79. The molecule has 6 atom stereocenters. The Bertz CT molecular complexity index is 907. The Morgan fingerprint density at radius 1 is 1.00 bits per heavy atom. The molecule has 32 heavy (non-hydrogen) atoms. The number of carbonyl (C=O) groups excluding carboxylic acids is 2. The number of esters is 1. The van der Waals surface area contributed by atoms with Gasteiger partial charge in [-0.1, -0.05) is 60.7 Å². The molecule has 0 saturated carbocycles. The molecule has 2 aliphatic heterocycles. The highest BCUT2D eigenvalue weighted by Crippen LogP contribution is 2.36.